The lowest BCUT2D eigenvalue weighted by Gasteiger charge is -2.38. The molecule has 2 aromatic rings. The van der Waals surface area contributed by atoms with Crippen LogP contribution >= 0.6 is 11.8 Å². The predicted molar refractivity (Wildman–Crippen MR) is 111 cm³/mol. The van der Waals surface area contributed by atoms with E-state index in [4.69, 9.17) is 0 Å². The quantitative estimate of drug-likeness (QED) is 0.603. The van der Waals surface area contributed by atoms with Crippen LogP contribution in [0.3, 0.4) is 0 Å². The van der Waals surface area contributed by atoms with Crippen LogP contribution in [0.1, 0.15) is 57.1 Å². The number of thioether (sulfide) groups is 1. The van der Waals surface area contributed by atoms with Crippen LogP contribution in [0, 0.1) is 5.41 Å². The van der Waals surface area contributed by atoms with E-state index in [0.717, 1.165) is 29.9 Å². The van der Waals surface area contributed by atoms with Gasteiger partial charge in [-0.05, 0) is 36.0 Å². The van der Waals surface area contributed by atoms with Crippen LogP contribution in [-0.4, -0.2) is 26.5 Å². The van der Waals surface area contributed by atoms with Gasteiger partial charge in [0.1, 0.15) is 5.82 Å². The van der Waals surface area contributed by atoms with Crippen LogP contribution in [0.4, 0.5) is 5.82 Å². The molecule has 0 saturated carbocycles. The van der Waals surface area contributed by atoms with Crippen molar-refractivity contribution in [2.45, 2.75) is 51.1 Å². The second-order valence-electron chi connectivity index (χ2n) is 8.15. The number of pyridine rings is 1. The number of allylic oxidation sites excluding steroid dienone is 2. The molecule has 0 fully saturated rings. The molecule has 1 unspecified atom stereocenters. The second kappa shape index (κ2) is 7.20. The molecule has 28 heavy (non-hydrogen) atoms. The van der Waals surface area contributed by atoms with Gasteiger partial charge in [0, 0.05) is 41.8 Å². The van der Waals surface area contributed by atoms with Crippen molar-refractivity contribution in [3.05, 3.63) is 57.3 Å². The Bertz CT molecular complexity index is 1010. The number of aromatic nitrogens is 3. The lowest BCUT2D eigenvalue weighted by Crippen LogP contribution is -2.37. The van der Waals surface area contributed by atoms with Gasteiger partial charge in [-0.3, -0.25) is 14.6 Å². The molecule has 1 aliphatic heterocycles. The Morgan fingerprint density at radius 1 is 1.21 bits per heavy atom. The molecule has 1 aliphatic carbocycles. The molecule has 0 aromatic carbocycles. The fourth-order valence-corrected chi connectivity index (χ4v) is 4.77. The summed E-state index contributed by atoms with van der Waals surface area (Å²) in [6, 6.07) is 3.74. The molecule has 7 heteroatoms. The van der Waals surface area contributed by atoms with Crippen molar-refractivity contribution in [2.75, 3.05) is 11.1 Å². The van der Waals surface area contributed by atoms with Gasteiger partial charge in [-0.2, -0.15) is 0 Å². The first-order valence-corrected chi connectivity index (χ1v) is 10.6. The maximum Gasteiger partial charge on any atom is 0.257 e. The summed E-state index contributed by atoms with van der Waals surface area (Å²) < 4.78 is 0. The number of H-pyrrole nitrogens is 1. The van der Waals surface area contributed by atoms with Crippen LogP contribution in [0.25, 0.3) is 0 Å². The van der Waals surface area contributed by atoms with E-state index in [1.54, 1.807) is 12.4 Å². The fraction of sp³-hybridized carbons (Fsp3) is 0.429. The van der Waals surface area contributed by atoms with E-state index in [1.807, 2.05) is 12.1 Å². The molecule has 3 heterocycles. The van der Waals surface area contributed by atoms with Gasteiger partial charge in [-0.1, -0.05) is 32.5 Å². The van der Waals surface area contributed by atoms with E-state index in [-0.39, 0.29) is 16.8 Å². The number of nitrogens with one attached hydrogen (secondary N) is 2. The maximum absolute atomic E-state index is 13.1. The Labute approximate surface area is 168 Å². The van der Waals surface area contributed by atoms with Gasteiger partial charge < -0.3 is 10.3 Å². The zero-order chi connectivity index (χ0) is 19.9. The minimum Gasteiger partial charge on any atom is -0.343 e. The molecule has 6 nitrogen and oxygen atoms in total. The monoisotopic (exact) mass is 396 g/mol. The average Bonchev–Trinajstić information content (AvgIpc) is 2.64. The Morgan fingerprint density at radius 2 is 1.96 bits per heavy atom. The zero-order valence-corrected chi connectivity index (χ0v) is 17.2. The van der Waals surface area contributed by atoms with E-state index in [2.05, 4.69) is 41.0 Å². The van der Waals surface area contributed by atoms with Gasteiger partial charge in [0.2, 0.25) is 0 Å². The van der Waals surface area contributed by atoms with Gasteiger partial charge in [-0.15, -0.1) is 0 Å². The summed E-state index contributed by atoms with van der Waals surface area (Å²) in [5, 5.41) is 3.95. The molecule has 0 amide bonds. The number of Topliss-reactive ketones (excluding diaryl/α,β-unsaturated/α-hetero) is 1. The molecule has 2 aliphatic rings. The fourth-order valence-electron chi connectivity index (χ4n) is 4.05. The molecular formula is C21H24N4O2S. The minimum absolute atomic E-state index is 0.0926. The molecule has 0 saturated heterocycles. The van der Waals surface area contributed by atoms with E-state index >= 15 is 0 Å². The molecule has 1 atom stereocenters. The first-order chi connectivity index (χ1) is 13.4. The summed E-state index contributed by atoms with van der Waals surface area (Å²) in [4.78, 5) is 37.8. The third-order valence-electron chi connectivity index (χ3n) is 5.18. The van der Waals surface area contributed by atoms with E-state index in [9.17, 15) is 9.59 Å². The van der Waals surface area contributed by atoms with Crippen LogP contribution < -0.4 is 10.9 Å². The molecular weight excluding hydrogens is 372 g/mol. The minimum atomic E-state index is -0.417. The lowest BCUT2D eigenvalue weighted by atomic mass is 9.69. The third kappa shape index (κ3) is 3.39. The van der Waals surface area contributed by atoms with Gasteiger partial charge in [0.25, 0.3) is 5.56 Å². The predicted octanol–water partition coefficient (Wildman–Crippen LogP) is 3.87. The van der Waals surface area contributed by atoms with Crippen molar-refractivity contribution in [1.29, 1.82) is 0 Å². The topological polar surface area (TPSA) is 87.7 Å². The average molecular weight is 397 g/mol. The van der Waals surface area contributed by atoms with Gasteiger partial charge in [0.15, 0.2) is 10.9 Å². The highest BCUT2D eigenvalue weighted by Crippen LogP contribution is 2.47. The highest BCUT2D eigenvalue weighted by atomic mass is 32.2. The molecule has 146 valence electrons. The summed E-state index contributed by atoms with van der Waals surface area (Å²) >= 11 is 1.53. The SMILES string of the molecule is CCCSc1nc2c(c(=O)[nH]1)C(c1ccncc1)C1=C(CC(C)(C)CC1=O)N2. The van der Waals surface area contributed by atoms with E-state index in [0.29, 0.717) is 28.5 Å². The Hall–Kier alpha value is -2.41. The Balaban J connectivity index is 1.90. The van der Waals surface area contributed by atoms with Crippen LogP contribution in [0.5, 0.6) is 0 Å². The number of anilines is 1. The summed E-state index contributed by atoms with van der Waals surface area (Å²) in [5.74, 6) is 1.12. The standard InChI is InChI=1S/C21H24N4O2S/c1-4-9-28-20-24-18-17(19(27)25-20)15(12-5-7-22-8-6-12)16-13(23-18)10-21(2,3)11-14(16)26/h5-8,15H,4,9-11H2,1-3H3,(H2,23,24,25,27). The number of fused-ring (bicyclic) bond motifs is 1. The molecule has 4 rings (SSSR count). The second-order valence-corrected chi connectivity index (χ2v) is 9.24. The van der Waals surface area contributed by atoms with Crippen LogP contribution in [0.2, 0.25) is 0 Å². The van der Waals surface area contributed by atoms with Gasteiger partial charge in [-0.25, -0.2) is 4.98 Å². The highest BCUT2D eigenvalue weighted by molar-refractivity contribution is 7.99. The number of aromatic amines is 1. The molecule has 0 radical (unpaired) electrons. The number of carbonyl (C=O) groups excluding carboxylic acids is 1. The molecule has 2 aromatic heterocycles. The van der Waals surface area contributed by atoms with E-state index < -0.39 is 5.92 Å². The van der Waals surface area contributed by atoms with Crippen molar-refractivity contribution >= 4 is 23.4 Å². The first-order valence-electron chi connectivity index (χ1n) is 9.60. The summed E-state index contributed by atoms with van der Waals surface area (Å²) in [6.07, 6.45) is 5.61. The Kier molecular flexibility index (Phi) is 4.87. The molecule has 2 N–H and O–H groups in total. The first kappa shape index (κ1) is 18.9. The number of hydrogen-bond acceptors (Lipinski definition) is 6. The normalized spacial score (nSPS) is 20.4. The maximum atomic E-state index is 13.1. The van der Waals surface area contributed by atoms with Crippen molar-refractivity contribution < 1.29 is 4.79 Å². The highest BCUT2D eigenvalue weighted by Gasteiger charge is 2.42. The van der Waals surface area contributed by atoms with Crippen molar-refractivity contribution in [3.8, 4) is 0 Å². The van der Waals surface area contributed by atoms with Crippen LogP contribution in [-0.2, 0) is 4.79 Å². The lowest BCUT2D eigenvalue weighted by molar-refractivity contribution is -0.118. The largest absolute Gasteiger partial charge is 0.343 e. The van der Waals surface area contributed by atoms with Gasteiger partial charge in [0.05, 0.1) is 5.56 Å². The van der Waals surface area contributed by atoms with Crippen molar-refractivity contribution in [3.63, 3.8) is 0 Å². The summed E-state index contributed by atoms with van der Waals surface area (Å²) in [6.45, 7) is 6.29. The number of ketones is 1. The number of rotatable bonds is 4. The Morgan fingerprint density at radius 3 is 2.68 bits per heavy atom. The molecule has 0 spiro atoms. The summed E-state index contributed by atoms with van der Waals surface area (Å²) in [7, 11) is 0. The number of carbonyl (C=O) groups is 1. The number of hydrogen-bond donors (Lipinski definition) is 2. The van der Waals surface area contributed by atoms with Crippen molar-refractivity contribution in [2.24, 2.45) is 5.41 Å². The number of nitrogens with zero attached hydrogens (tertiary/aromatic N) is 2. The van der Waals surface area contributed by atoms with Crippen LogP contribution in [0.15, 0.2) is 45.7 Å². The smallest absolute Gasteiger partial charge is 0.257 e. The van der Waals surface area contributed by atoms with E-state index in [1.165, 1.54) is 11.8 Å². The zero-order valence-electron chi connectivity index (χ0n) is 16.3. The summed E-state index contributed by atoms with van der Waals surface area (Å²) in [5.41, 5.74) is 2.67. The van der Waals surface area contributed by atoms with Gasteiger partial charge >= 0.3 is 0 Å². The van der Waals surface area contributed by atoms with Crippen molar-refractivity contribution in [1.82, 2.24) is 15.0 Å². The molecule has 0 bridgehead atoms. The third-order valence-corrected chi connectivity index (χ3v) is 6.26.